The summed E-state index contributed by atoms with van der Waals surface area (Å²) < 4.78 is 31.7. The van der Waals surface area contributed by atoms with Crippen molar-refractivity contribution in [1.82, 2.24) is 4.98 Å². The van der Waals surface area contributed by atoms with Gasteiger partial charge in [0.25, 0.3) is 5.88 Å². The molecule has 0 radical (unpaired) electrons. The Morgan fingerprint density at radius 1 is 1.30 bits per heavy atom. The van der Waals surface area contributed by atoms with Crippen LogP contribution in [-0.2, 0) is 0 Å². The standard InChI is InChI=1S/C12H7ClF2N2O3/c13-6-4-2-1-3-5(6)10-7(14)9(16)8(15)11(17-10)20-12(18)19/h1-4H,(H2,16,17)(H,18,19). The molecule has 0 amide bonds. The van der Waals surface area contributed by atoms with Crippen LogP contribution in [0.5, 0.6) is 5.88 Å². The molecule has 0 aliphatic carbocycles. The van der Waals surface area contributed by atoms with Crippen LogP contribution in [0.1, 0.15) is 0 Å². The van der Waals surface area contributed by atoms with Gasteiger partial charge in [-0.15, -0.1) is 0 Å². The van der Waals surface area contributed by atoms with Crippen molar-refractivity contribution in [3.8, 4) is 17.1 Å². The molecule has 0 unspecified atom stereocenters. The lowest BCUT2D eigenvalue weighted by Crippen LogP contribution is -2.10. The van der Waals surface area contributed by atoms with Crippen LogP contribution in [0.2, 0.25) is 5.02 Å². The SMILES string of the molecule is Nc1c(F)c(OC(=O)O)nc(-c2ccccc2Cl)c1F. The van der Waals surface area contributed by atoms with Crippen LogP contribution in [-0.4, -0.2) is 16.2 Å². The summed E-state index contributed by atoms with van der Waals surface area (Å²) in [4.78, 5) is 13.9. The predicted octanol–water partition coefficient (Wildman–Crippen LogP) is 3.32. The first-order valence-electron chi connectivity index (χ1n) is 5.22. The van der Waals surface area contributed by atoms with Crippen LogP contribution in [0.25, 0.3) is 11.3 Å². The summed E-state index contributed by atoms with van der Waals surface area (Å²) in [6.45, 7) is 0. The molecule has 104 valence electrons. The second-order valence-corrected chi connectivity index (χ2v) is 4.06. The number of aromatic nitrogens is 1. The van der Waals surface area contributed by atoms with E-state index >= 15 is 0 Å². The molecule has 0 atom stereocenters. The maximum atomic E-state index is 14.0. The van der Waals surface area contributed by atoms with Gasteiger partial charge in [-0.25, -0.2) is 14.2 Å². The van der Waals surface area contributed by atoms with Crippen molar-refractivity contribution in [2.24, 2.45) is 0 Å². The molecular formula is C12H7ClF2N2O3. The number of pyridine rings is 1. The fraction of sp³-hybridized carbons (Fsp3) is 0. The number of halogens is 3. The second-order valence-electron chi connectivity index (χ2n) is 3.66. The van der Waals surface area contributed by atoms with Gasteiger partial charge in [-0.05, 0) is 6.07 Å². The molecule has 3 N–H and O–H groups in total. The van der Waals surface area contributed by atoms with Crippen LogP contribution >= 0.6 is 11.6 Å². The number of ether oxygens (including phenoxy) is 1. The van der Waals surface area contributed by atoms with Crippen LogP contribution in [0.15, 0.2) is 24.3 Å². The molecule has 0 saturated heterocycles. The van der Waals surface area contributed by atoms with E-state index in [4.69, 9.17) is 22.4 Å². The summed E-state index contributed by atoms with van der Waals surface area (Å²) in [5, 5.41) is 8.62. The molecule has 8 heteroatoms. The van der Waals surface area contributed by atoms with E-state index < -0.39 is 35.1 Å². The fourth-order valence-electron chi connectivity index (χ4n) is 1.52. The molecule has 2 rings (SSSR count). The molecule has 2 aromatic rings. The number of nitrogens with two attached hydrogens (primary N) is 1. The van der Waals surface area contributed by atoms with E-state index in [1.807, 2.05) is 0 Å². The molecule has 0 spiro atoms. The van der Waals surface area contributed by atoms with Crippen molar-refractivity contribution in [1.29, 1.82) is 0 Å². The molecule has 1 aromatic carbocycles. The van der Waals surface area contributed by atoms with Crippen molar-refractivity contribution in [2.45, 2.75) is 0 Å². The lowest BCUT2D eigenvalue weighted by Gasteiger charge is -2.10. The van der Waals surface area contributed by atoms with Crippen LogP contribution in [0, 0.1) is 11.6 Å². The molecule has 0 bridgehead atoms. The van der Waals surface area contributed by atoms with E-state index in [0.29, 0.717) is 0 Å². The average molecular weight is 301 g/mol. The van der Waals surface area contributed by atoms with Crippen molar-refractivity contribution in [3.63, 3.8) is 0 Å². The monoisotopic (exact) mass is 300 g/mol. The smallest absolute Gasteiger partial charge is 0.449 e. The number of benzene rings is 1. The van der Waals surface area contributed by atoms with E-state index in [1.54, 1.807) is 12.1 Å². The summed E-state index contributed by atoms with van der Waals surface area (Å²) >= 11 is 5.88. The molecule has 1 heterocycles. The van der Waals surface area contributed by atoms with Crippen LogP contribution in [0.3, 0.4) is 0 Å². The van der Waals surface area contributed by atoms with Gasteiger partial charge in [0, 0.05) is 5.56 Å². The number of carboxylic acid groups (broad SMARTS) is 1. The number of anilines is 1. The van der Waals surface area contributed by atoms with Gasteiger partial charge in [0.2, 0.25) is 5.82 Å². The van der Waals surface area contributed by atoms with Gasteiger partial charge < -0.3 is 15.6 Å². The zero-order chi connectivity index (χ0) is 14.9. The third-order valence-corrected chi connectivity index (χ3v) is 2.72. The Labute approximate surface area is 116 Å². The van der Waals surface area contributed by atoms with E-state index in [0.717, 1.165) is 0 Å². The highest BCUT2D eigenvalue weighted by Gasteiger charge is 2.23. The summed E-state index contributed by atoms with van der Waals surface area (Å²) in [7, 11) is 0. The minimum Gasteiger partial charge on any atom is -0.449 e. The van der Waals surface area contributed by atoms with Crippen LogP contribution in [0.4, 0.5) is 19.3 Å². The van der Waals surface area contributed by atoms with E-state index in [-0.39, 0.29) is 10.6 Å². The Bertz CT molecular complexity index is 695. The zero-order valence-electron chi connectivity index (χ0n) is 9.73. The predicted molar refractivity (Wildman–Crippen MR) is 67.7 cm³/mol. The third kappa shape index (κ3) is 2.48. The van der Waals surface area contributed by atoms with Crippen molar-refractivity contribution < 1.29 is 23.4 Å². The quantitative estimate of drug-likeness (QED) is 0.831. The lowest BCUT2D eigenvalue weighted by atomic mass is 10.1. The van der Waals surface area contributed by atoms with Crippen molar-refractivity contribution in [2.75, 3.05) is 5.73 Å². The molecule has 1 aromatic heterocycles. The normalized spacial score (nSPS) is 10.3. The van der Waals surface area contributed by atoms with Gasteiger partial charge in [0.05, 0.1) is 5.02 Å². The Morgan fingerprint density at radius 3 is 2.55 bits per heavy atom. The summed E-state index contributed by atoms with van der Waals surface area (Å²) in [6, 6.07) is 6.05. The molecular weight excluding hydrogens is 294 g/mol. The molecule has 5 nitrogen and oxygen atoms in total. The van der Waals surface area contributed by atoms with Crippen molar-refractivity contribution in [3.05, 3.63) is 40.9 Å². The minimum atomic E-state index is -1.80. The van der Waals surface area contributed by atoms with Crippen LogP contribution < -0.4 is 10.5 Å². The van der Waals surface area contributed by atoms with Crippen molar-refractivity contribution >= 4 is 23.4 Å². The average Bonchev–Trinajstić information content (AvgIpc) is 2.40. The molecule has 20 heavy (non-hydrogen) atoms. The van der Waals surface area contributed by atoms with Gasteiger partial charge >= 0.3 is 6.16 Å². The number of carbonyl (C=O) groups is 1. The topological polar surface area (TPSA) is 85.4 Å². The second kappa shape index (κ2) is 5.30. The number of hydrogen-bond donors (Lipinski definition) is 2. The highest BCUT2D eigenvalue weighted by atomic mass is 35.5. The summed E-state index contributed by atoms with van der Waals surface area (Å²) in [6.07, 6.45) is -1.80. The first-order chi connectivity index (χ1) is 9.41. The first kappa shape index (κ1) is 14.0. The number of hydrogen-bond acceptors (Lipinski definition) is 4. The van der Waals surface area contributed by atoms with Gasteiger partial charge in [-0.2, -0.15) is 4.39 Å². The zero-order valence-corrected chi connectivity index (χ0v) is 10.5. The van der Waals surface area contributed by atoms with Gasteiger partial charge in [0.1, 0.15) is 11.4 Å². The molecule has 0 aliphatic rings. The Balaban J connectivity index is 2.68. The fourth-order valence-corrected chi connectivity index (χ4v) is 1.75. The largest absolute Gasteiger partial charge is 0.512 e. The lowest BCUT2D eigenvalue weighted by molar-refractivity contribution is 0.140. The van der Waals surface area contributed by atoms with E-state index in [9.17, 15) is 13.6 Å². The highest BCUT2D eigenvalue weighted by Crippen LogP contribution is 2.34. The minimum absolute atomic E-state index is 0.133. The summed E-state index contributed by atoms with van der Waals surface area (Å²) in [5.74, 6) is -3.47. The Kier molecular flexibility index (Phi) is 3.71. The highest BCUT2D eigenvalue weighted by molar-refractivity contribution is 6.33. The molecule has 0 fully saturated rings. The van der Waals surface area contributed by atoms with Gasteiger partial charge in [0.15, 0.2) is 5.82 Å². The number of nitrogens with zero attached hydrogens (tertiary/aromatic N) is 1. The number of rotatable bonds is 2. The van der Waals surface area contributed by atoms with Gasteiger partial charge in [-0.3, -0.25) is 0 Å². The number of nitrogen functional groups attached to an aromatic ring is 1. The third-order valence-electron chi connectivity index (χ3n) is 2.39. The molecule has 0 aliphatic heterocycles. The van der Waals surface area contributed by atoms with E-state index in [2.05, 4.69) is 9.72 Å². The molecule has 0 saturated carbocycles. The summed E-state index contributed by atoms with van der Waals surface area (Å²) in [5.41, 5.74) is 4.08. The first-order valence-corrected chi connectivity index (χ1v) is 5.59. The maximum absolute atomic E-state index is 14.0. The van der Waals surface area contributed by atoms with E-state index in [1.165, 1.54) is 12.1 Å². The Hall–Kier alpha value is -2.41. The maximum Gasteiger partial charge on any atom is 0.512 e. The van der Waals surface area contributed by atoms with Gasteiger partial charge in [-0.1, -0.05) is 29.8 Å². The Morgan fingerprint density at radius 2 is 1.95 bits per heavy atom.